The summed E-state index contributed by atoms with van der Waals surface area (Å²) >= 11 is 0. The predicted octanol–water partition coefficient (Wildman–Crippen LogP) is 4.06. The molecule has 1 N–H and O–H groups in total. The molecule has 0 saturated heterocycles. The summed E-state index contributed by atoms with van der Waals surface area (Å²) in [5.41, 5.74) is -1.32. The first-order valence-electron chi connectivity index (χ1n) is 6.46. The van der Waals surface area contributed by atoms with Gasteiger partial charge in [0.25, 0.3) is 0 Å². The van der Waals surface area contributed by atoms with Gasteiger partial charge >= 0.3 is 12.4 Å². The quantitative estimate of drug-likeness (QED) is 0.820. The lowest BCUT2D eigenvalue weighted by atomic mass is 9.97. The Labute approximate surface area is 129 Å². The van der Waals surface area contributed by atoms with Crippen LogP contribution in [-0.2, 0) is 16.2 Å². The zero-order chi connectivity index (χ0) is 18.2. The summed E-state index contributed by atoms with van der Waals surface area (Å²) in [7, 11) is -4.74. The van der Waals surface area contributed by atoms with E-state index in [9.17, 15) is 34.8 Å². The Morgan fingerprint density at radius 2 is 1.52 bits per heavy atom. The highest BCUT2D eigenvalue weighted by molar-refractivity contribution is 7.89. The van der Waals surface area contributed by atoms with Crippen molar-refractivity contribution in [1.82, 2.24) is 4.72 Å². The van der Waals surface area contributed by atoms with Crippen molar-refractivity contribution in [2.24, 2.45) is 0 Å². The maximum atomic E-state index is 13.0. The van der Waals surface area contributed by atoms with Crippen LogP contribution in [-0.4, -0.2) is 20.6 Å². The van der Waals surface area contributed by atoms with Gasteiger partial charge in [0.15, 0.2) is 0 Å². The minimum Gasteiger partial charge on any atom is -0.207 e. The molecule has 0 aliphatic carbocycles. The van der Waals surface area contributed by atoms with Gasteiger partial charge in [0.2, 0.25) is 10.0 Å². The summed E-state index contributed by atoms with van der Waals surface area (Å²) in [4.78, 5) is -0.870. The molecule has 0 aromatic heterocycles. The molecule has 0 saturated carbocycles. The molecule has 0 unspecified atom stereocenters. The van der Waals surface area contributed by atoms with Crippen molar-refractivity contribution in [2.75, 3.05) is 0 Å². The third-order valence-electron chi connectivity index (χ3n) is 3.09. The number of sulfonamides is 1. The van der Waals surface area contributed by atoms with E-state index >= 15 is 0 Å². The predicted molar refractivity (Wildman–Crippen MR) is 71.4 cm³/mol. The fourth-order valence-corrected chi connectivity index (χ4v) is 3.07. The van der Waals surface area contributed by atoms with E-state index < -0.39 is 44.8 Å². The monoisotopic (exact) mass is 363 g/mol. The zero-order valence-corrected chi connectivity index (χ0v) is 13.2. The largest absolute Gasteiger partial charge is 0.416 e. The Morgan fingerprint density at radius 3 is 1.91 bits per heavy atom. The van der Waals surface area contributed by atoms with Gasteiger partial charge in [-0.25, -0.2) is 8.42 Å². The van der Waals surface area contributed by atoms with Gasteiger partial charge in [-0.2, -0.15) is 31.1 Å². The van der Waals surface area contributed by atoms with E-state index in [-0.39, 0.29) is 5.56 Å². The summed E-state index contributed by atoms with van der Waals surface area (Å²) in [6.07, 6.45) is -9.67. The van der Waals surface area contributed by atoms with Crippen LogP contribution in [0.5, 0.6) is 0 Å². The molecule has 1 rings (SSSR count). The molecule has 1 atom stereocenters. The summed E-state index contributed by atoms with van der Waals surface area (Å²) < 4.78 is 101. The number of hydrogen-bond donors (Lipinski definition) is 1. The zero-order valence-electron chi connectivity index (χ0n) is 12.4. The standard InChI is InChI=1S/C13H15F6NO2S/c1-7(2)10-5-4-9(6-11(10)13(17,18)19)23(21,22)20-8(3)12(14,15)16/h4-8,20H,1-3H3/t8-/m0/s1. The van der Waals surface area contributed by atoms with Gasteiger partial charge in [0.05, 0.1) is 10.5 Å². The van der Waals surface area contributed by atoms with E-state index in [0.717, 1.165) is 12.1 Å². The van der Waals surface area contributed by atoms with E-state index in [1.165, 1.54) is 18.6 Å². The van der Waals surface area contributed by atoms with Gasteiger partial charge in [-0.15, -0.1) is 0 Å². The second-order valence-electron chi connectivity index (χ2n) is 5.29. The Kier molecular flexibility index (Phi) is 5.42. The highest BCUT2D eigenvalue weighted by atomic mass is 32.2. The van der Waals surface area contributed by atoms with Crippen molar-refractivity contribution >= 4 is 10.0 Å². The minimum absolute atomic E-state index is 0.139. The number of nitrogens with one attached hydrogen (secondary N) is 1. The molecule has 3 nitrogen and oxygen atoms in total. The first-order chi connectivity index (χ1) is 10.2. The van der Waals surface area contributed by atoms with Gasteiger partial charge in [-0.3, -0.25) is 0 Å². The molecule has 0 spiro atoms. The topological polar surface area (TPSA) is 46.2 Å². The smallest absolute Gasteiger partial charge is 0.207 e. The Balaban J connectivity index is 3.34. The van der Waals surface area contributed by atoms with Gasteiger partial charge in [-0.05, 0) is 30.5 Å². The average Bonchev–Trinajstić information content (AvgIpc) is 2.35. The SMILES string of the molecule is CC(C)c1ccc(S(=O)(=O)N[C@@H](C)C(F)(F)F)cc1C(F)(F)F. The van der Waals surface area contributed by atoms with E-state index in [4.69, 9.17) is 0 Å². The Bertz CT molecular complexity index is 664. The van der Waals surface area contributed by atoms with Gasteiger partial charge in [0.1, 0.15) is 6.04 Å². The lowest BCUT2D eigenvalue weighted by molar-refractivity contribution is -0.147. The molecule has 23 heavy (non-hydrogen) atoms. The van der Waals surface area contributed by atoms with Crippen LogP contribution in [0.15, 0.2) is 23.1 Å². The summed E-state index contributed by atoms with van der Waals surface area (Å²) in [5.74, 6) is -0.537. The number of alkyl halides is 6. The molecule has 0 heterocycles. The van der Waals surface area contributed by atoms with Crippen molar-refractivity contribution in [3.63, 3.8) is 0 Å². The molecule has 132 valence electrons. The van der Waals surface area contributed by atoms with Crippen LogP contribution >= 0.6 is 0 Å². The van der Waals surface area contributed by atoms with E-state index in [2.05, 4.69) is 0 Å². The van der Waals surface area contributed by atoms with Crippen molar-refractivity contribution in [3.8, 4) is 0 Å². The fraction of sp³-hybridized carbons (Fsp3) is 0.538. The Hall–Kier alpha value is -1.29. The highest BCUT2D eigenvalue weighted by Crippen LogP contribution is 2.36. The molecular weight excluding hydrogens is 348 g/mol. The van der Waals surface area contributed by atoms with E-state index in [0.29, 0.717) is 13.0 Å². The van der Waals surface area contributed by atoms with Gasteiger partial charge in [-0.1, -0.05) is 19.9 Å². The highest BCUT2D eigenvalue weighted by Gasteiger charge is 2.40. The van der Waals surface area contributed by atoms with Crippen molar-refractivity contribution in [3.05, 3.63) is 29.3 Å². The maximum absolute atomic E-state index is 13.0. The molecular formula is C13H15F6NO2S. The van der Waals surface area contributed by atoms with Crippen LogP contribution in [0.3, 0.4) is 0 Å². The number of hydrogen-bond acceptors (Lipinski definition) is 2. The van der Waals surface area contributed by atoms with Crippen molar-refractivity contribution in [2.45, 2.75) is 50.0 Å². The van der Waals surface area contributed by atoms with E-state index in [1.54, 1.807) is 0 Å². The molecule has 0 bridgehead atoms. The molecule has 0 aliphatic heterocycles. The van der Waals surface area contributed by atoms with E-state index in [1.807, 2.05) is 0 Å². The van der Waals surface area contributed by atoms with Crippen LogP contribution in [0, 0.1) is 0 Å². The van der Waals surface area contributed by atoms with Gasteiger partial charge in [0, 0.05) is 0 Å². The lowest BCUT2D eigenvalue weighted by Gasteiger charge is -2.19. The van der Waals surface area contributed by atoms with Crippen LogP contribution in [0.25, 0.3) is 0 Å². The van der Waals surface area contributed by atoms with Crippen LogP contribution < -0.4 is 4.72 Å². The van der Waals surface area contributed by atoms with Crippen LogP contribution in [0.4, 0.5) is 26.3 Å². The second kappa shape index (κ2) is 6.31. The van der Waals surface area contributed by atoms with Gasteiger partial charge < -0.3 is 0 Å². The third-order valence-corrected chi connectivity index (χ3v) is 4.62. The summed E-state index contributed by atoms with van der Waals surface area (Å²) in [6, 6.07) is -0.261. The summed E-state index contributed by atoms with van der Waals surface area (Å²) in [5, 5.41) is 0. The third kappa shape index (κ3) is 4.84. The molecule has 1 aromatic rings. The van der Waals surface area contributed by atoms with Crippen LogP contribution in [0.2, 0.25) is 0 Å². The molecule has 0 radical (unpaired) electrons. The minimum atomic E-state index is -4.85. The first-order valence-corrected chi connectivity index (χ1v) is 7.94. The molecule has 0 amide bonds. The van der Waals surface area contributed by atoms with Crippen molar-refractivity contribution < 1.29 is 34.8 Å². The number of rotatable bonds is 4. The summed E-state index contributed by atoms with van der Waals surface area (Å²) in [6.45, 7) is 3.54. The normalized spacial score (nSPS) is 15.0. The molecule has 10 heteroatoms. The van der Waals surface area contributed by atoms with Crippen molar-refractivity contribution in [1.29, 1.82) is 0 Å². The second-order valence-corrected chi connectivity index (χ2v) is 7.00. The molecule has 0 aliphatic rings. The fourth-order valence-electron chi connectivity index (χ4n) is 1.82. The molecule has 1 aromatic carbocycles. The average molecular weight is 363 g/mol. The maximum Gasteiger partial charge on any atom is 0.416 e. The number of benzene rings is 1. The van der Waals surface area contributed by atoms with Crippen LogP contribution in [0.1, 0.15) is 37.8 Å². The first kappa shape index (κ1) is 19.8. The number of halogens is 6. The lowest BCUT2D eigenvalue weighted by Crippen LogP contribution is -2.43. The Morgan fingerprint density at radius 1 is 1.00 bits per heavy atom. The molecule has 0 fully saturated rings.